The van der Waals surface area contributed by atoms with Crippen LogP contribution >= 0.6 is 0 Å². The number of imidazole rings is 1. The van der Waals surface area contributed by atoms with Gasteiger partial charge in [-0.05, 0) is 25.7 Å². The first-order valence-electron chi connectivity index (χ1n) is 11.3. The predicted octanol–water partition coefficient (Wildman–Crippen LogP) is 2.38. The summed E-state index contributed by atoms with van der Waals surface area (Å²) in [5.41, 5.74) is 5.67. The zero-order valence-electron chi connectivity index (χ0n) is 18.5. The molecule has 1 amide bonds. The number of ether oxygens (including phenoxy) is 1. The number of carbonyl (C=O) groups excluding carboxylic acids is 1. The van der Waals surface area contributed by atoms with Gasteiger partial charge in [0, 0.05) is 24.1 Å². The Kier molecular flexibility index (Phi) is 6.19. The van der Waals surface area contributed by atoms with Gasteiger partial charge in [-0.15, -0.1) is 0 Å². The van der Waals surface area contributed by atoms with Gasteiger partial charge in [0.2, 0.25) is 17.8 Å². The molecule has 2 fully saturated rings. The number of amides is 1. The van der Waals surface area contributed by atoms with Crippen LogP contribution in [0.25, 0.3) is 11.2 Å². The van der Waals surface area contributed by atoms with E-state index in [1.807, 2.05) is 0 Å². The van der Waals surface area contributed by atoms with Crippen molar-refractivity contribution in [3.63, 3.8) is 0 Å². The average Bonchev–Trinajstić information content (AvgIpc) is 3.38. The van der Waals surface area contributed by atoms with E-state index in [2.05, 4.69) is 25.6 Å². The summed E-state index contributed by atoms with van der Waals surface area (Å²) in [5.74, 6) is -3.54. The second-order valence-electron chi connectivity index (χ2n) is 8.84. The second kappa shape index (κ2) is 9.30. The molecule has 0 unspecified atom stereocenters. The first-order valence-corrected chi connectivity index (χ1v) is 11.3. The zero-order valence-corrected chi connectivity index (χ0v) is 18.5. The van der Waals surface area contributed by atoms with Gasteiger partial charge >= 0.3 is 0 Å². The lowest BCUT2D eigenvalue weighted by Crippen LogP contribution is -2.32. The van der Waals surface area contributed by atoms with Gasteiger partial charge in [0.25, 0.3) is 0 Å². The summed E-state index contributed by atoms with van der Waals surface area (Å²) in [4.78, 5) is 24.9. The van der Waals surface area contributed by atoms with Gasteiger partial charge in [-0.3, -0.25) is 9.36 Å². The van der Waals surface area contributed by atoms with Crippen molar-refractivity contribution < 1.29 is 27.8 Å². The van der Waals surface area contributed by atoms with Gasteiger partial charge in [-0.25, -0.2) is 23.1 Å². The number of hydrogen-bond acceptors (Lipinski definition) is 8. The Morgan fingerprint density at radius 3 is 2.46 bits per heavy atom. The van der Waals surface area contributed by atoms with Crippen LogP contribution in [0, 0.1) is 23.4 Å². The summed E-state index contributed by atoms with van der Waals surface area (Å²) in [6, 6.07) is 0.559. The number of fused-ring (bicyclic) bond motifs is 1. The van der Waals surface area contributed by atoms with E-state index in [0.29, 0.717) is 49.0 Å². The molecule has 1 aliphatic carbocycles. The maximum atomic E-state index is 14.4. The quantitative estimate of drug-likeness (QED) is 0.412. The van der Waals surface area contributed by atoms with Gasteiger partial charge in [0.1, 0.15) is 17.0 Å². The molecule has 1 aromatic carbocycles. The standard InChI is InChI=1S/C22H24F3N7O3/c23-11-5-13(24)18(14(25)6-11)30-22-29-15-7-27-21(28-16-8-35-9-17(16)33)31-20(15)32(22)12-3-1-10(2-4-12)19(26)34/h5-7,10,12,16-17,33H,1-4,8-9H2,(H2,26,34)(H,29,30)(H,27,28,31)/t10?,12?,16-,17-/m0/s1. The molecule has 0 bridgehead atoms. The number of hydrogen-bond donors (Lipinski definition) is 4. The molecule has 5 N–H and O–H groups in total. The Morgan fingerprint density at radius 1 is 1.11 bits per heavy atom. The molecule has 2 atom stereocenters. The molecule has 3 aromatic rings. The topological polar surface area (TPSA) is 140 Å². The minimum Gasteiger partial charge on any atom is -0.388 e. The Bertz CT molecular complexity index is 1240. The maximum Gasteiger partial charge on any atom is 0.225 e. The molecule has 10 nitrogen and oxygen atoms in total. The summed E-state index contributed by atoms with van der Waals surface area (Å²) >= 11 is 0. The zero-order chi connectivity index (χ0) is 24.7. The van der Waals surface area contributed by atoms with Crippen molar-refractivity contribution in [3.8, 4) is 0 Å². The lowest BCUT2D eigenvalue weighted by Gasteiger charge is -2.29. The van der Waals surface area contributed by atoms with E-state index < -0.39 is 35.3 Å². The molecular formula is C22H24F3N7O3. The number of halogens is 3. The Labute approximate surface area is 197 Å². The summed E-state index contributed by atoms with van der Waals surface area (Å²) in [6.07, 6.45) is 2.94. The van der Waals surface area contributed by atoms with E-state index >= 15 is 0 Å². The first-order chi connectivity index (χ1) is 16.8. The third kappa shape index (κ3) is 4.60. The lowest BCUT2D eigenvalue weighted by atomic mass is 9.85. The molecule has 1 saturated heterocycles. The summed E-state index contributed by atoms with van der Waals surface area (Å²) in [5, 5.41) is 15.7. The number of nitrogens with one attached hydrogen (secondary N) is 2. The monoisotopic (exact) mass is 491 g/mol. The summed E-state index contributed by atoms with van der Waals surface area (Å²) < 4.78 is 49.1. The highest BCUT2D eigenvalue weighted by molar-refractivity contribution is 5.78. The number of primary amides is 1. The molecule has 3 heterocycles. The highest BCUT2D eigenvalue weighted by Gasteiger charge is 2.31. The van der Waals surface area contributed by atoms with Crippen LogP contribution in [0.2, 0.25) is 0 Å². The molecule has 13 heteroatoms. The number of aliphatic hydroxyl groups is 1. The summed E-state index contributed by atoms with van der Waals surface area (Å²) in [7, 11) is 0. The minimum absolute atomic E-state index is 0.0996. The third-order valence-electron chi connectivity index (χ3n) is 6.51. The molecule has 1 saturated carbocycles. The minimum atomic E-state index is -1.11. The molecular weight excluding hydrogens is 467 g/mol. The van der Waals surface area contributed by atoms with Crippen molar-refractivity contribution in [1.82, 2.24) is 19.5 Å². The molecule has 0 spiro atoms. The van der Waals surface area contributed by atoms with Crippen molar-refractivity contribution in [1.29, 1.82) is 0 Å². The van der Waals surface area contributed by atoms with Crippen LogP contribution in [0.3, 0.4) is 0 Å². The molecule has 1 aliphatic heterocycles. The van der Waals surface area contributed by atoms with E-state index in [1.165, 1.54) is 6.20 Å². The van der Waals surface area contributed by atoms with Crippen LogP contribution in [0.1, 0.15) is 31.7 Å². The number of aliphatic hydroxyl groups excluding tert-OH is 1. The van der Waals surface area contributed by atoms with Gasteiger partial charge in [-0.2, -0.15) is 4.98 Å². The Balaban J connectivity index is 1.54. The van der Waals surface area contributed by atoms with E-state index in [1.54, 1.807) is 4.57 Å². The number of benzene rings is 1. The van der Waals surface area contributed by atoms with Gasteiger partial charge in [0.05, 0.1) is 31.6 Å². The van der Waals surface area contributed by atoms with Crippen molar-refractivity contribution >= 4 is 34.7 Å². The fourth-order valence-corrected chi connectivity index (χ4v) is 4.63. The van der Waals surface area contributed by atoms with Crippen LogP contribution in [0.5, 0.6) is 0 Å². The van der Waals surface area contributed by atoms with Crippen LogP contribution in [0.4, 0.5) is 30.8 Å². The number of nitrogens with zero attached hydrogens (tertiary/aromatic N) is 4. The highest BCUT2D eigenvalue weighted by atomic mass is 19.1. The van der Waals surface area contributed by atoms with Gasteiger partial charge in [-0.1, -0.05) is 0 Å². The normalized spacial score (nSPS) is 24.6. The number of nitrogens with two attached hydrogens (primary N) is 1. The second-order valence-corrected chi connectivity index (χ2v) is 8.84. The number of anilines is 3. The predicted molar refractivity (Wildman–Crippen MR) is 119 cm³/mol. The van der Waals surface area contributed by atoms with Crippen LogP contribution in [0.15, 0.2) is 18.3 Å². The highest BCUT2D eigenvalue weighted by Crippen LogP contribution is 2.37. The van der Waals surface area contributed by atoms with Crippen molar-refractivity contribution in [2.75, 3.05) is 23.8 Å². The molecule has 0 radical (unpaired) electrons. The maximum absolute atomic E-state index is 14.4. The van der Waals surface area contributed by atoms with Gasteiger partial charge < -0.3 is 26.2 Å². The molecule has 5 rings (SSSR count). The smallest absolute Gasteiger partial charge is 0.225 e. The molecule has 2 aliphatic rings. The fourth-order valence-electron chi connectivity index (χ4n) is 4.63. The Morgan fingerprint density at radius 2 is 1.83 bits per heavy atom. The van der Waals surface area contributed by atoms with Crippen LogP contribution in [-0.4, -0.2) is 55.9 Å². The Hall–Kier alpha value is -3.45. The van der Waals surface area contributed by atoms with E-state index in [0.717, 1.165) is 0 Å². The fraction of sp³-hybridized carbons (Fsp3) is 0.455. The molecule has 186 valence electrons. The SMILES string of the molecule is NC(=O)C1CCC(n2c(Nc3c(F)cc(F)cc3F)nc3cnc(N[C@H]4COC[C@@H]4O)nc32)CC1. The molecule has 2 aromatic heterocycles. The number of rotatable bonds is 6. The summed E-state index contributed by atoms with van der Waals surface area (Å²) in [6.45, 7) is 0.485. The third-order valence-corrected chi connectivity index (χ3v) is 6.51. The largest absolute Gasteiger partial charge is 0.388 e. The molecule has 35 heavy (non-hydrogen) atoms. The van der Waals surface area contributed by atoms with Gasteiger partial charge in [0.15, 0.2) is 17.3 Å². The van der Waals surface area contributed by atoms with Crippen molar-refractivity contribution in [2.45, 2.75) is 43.9 Å². The van der Waals surface area contributed by atoms with Crippen molar-refractivity contribution in [3.05, 3.63) is 35.8 Å². The number of aromatic nitrogens is 4. The van der Waals surface area contributed by atoms with E-state index in [9.17, 15) is 23.1 Å². The van der Waals surface area contributed by atoms with Crippen LogP contribution in [-0.2, 0) is 9.53 Å². The first kappa shape index (κ1) is 23.3. The van der Waals surface area contributed by atoms with E-state index in [-0.39, 0.29) is 43.0 Å². The average molecular weight is 491 g/mol. The van der Waals surface area contributed by atoms with E-state index in [4.69, 9.17) is 10.5 Å². The van der Waals surface area contributed by atoms with Crippen molar-refractivity contribution in [2.24, 2.45) is 11.7 Å². The number of carbonyl (C=O) groups is 1. The lowest BCUT2D eigenvalue weighted by molar-refractivity contribution is -0.122. The van der Waals surface area contributed by atoms with Crippen LogP contribution < -0.4 is 16.4 Å².